The van der Waals surface area contributed by atoms with Crippen molar-refractivity contribution in [2.24, 2.45) is 0 Å². The summed E-state index contributed by atoms with van der Waals surface area (Å²) in [4.78, 5) is 9.10. The van der Waals surface area contributed by atoms with Gasteiger partial charge in [-0.25, -0.2) is 4.98 Å². The maximum atomic E-state index is 12.4. The lowest BCUT2D eigenvalue weighted by Gasteiger charge is -2.08. The molecule has 4 rings (SSSR count). The molecular formula is C21H16N2O3S. The van der Waals surface area contributed by atoms with Crippen LogP contribution in [-0.4, -0.2) is 18.4 Å². The molecule has 0 atom stereocenters. The molecule has 1 aromatic heterocycles. The lowest BCUT2D eigenvalue weighted by molar-refractivity contribution is 0.486. The third-order valence-electron chi connectivity index (χ3n) is 4.11. The van der Waals surface area contributed by atoms with Crippen molar-refractivity contribution in [2.45, 2.75) is 11.8 Å². The van der Waals surface area contributed by atoms with Gasteiger partial charge in [-0.1, -0.05) is 29.8 Å². The van der Waals surface area contributed by atoms with Crippen LogP contribution in [0.25, 0.3) is 22.3 Å². The molecule has 0 bridgehead atoms. The molecule has 0 radical (unpaired) electrons. The Morgan fingerprint density at radius 3 is 2.19 bits per heavy atom. The van der Waals surface area contributed by atoms with Crippen LogP contribution in [0.3, 0.4) is 0 Å². The Labute approximate surface area is 157 Å². The summed E-state index contributed by atoms with van der Waals surface area (Å²) in [6, 6.07) is 20.9. The van der Waals surface area contributed by atoms with Crippen molar-refractivity contribution < 1.29 is 12.6 Å². The van der Waals surface area contributed by atoms with Crippen molar-refractivity contribution in [2.75, 3.05) is 0 Å². The molecule has 27 heavy (non-hydrogen) atoms. The Hall–Kier alpha value is -3.25. The second-order valence-electron chi connectivity index (χ2n) is 6.12. The van der Waals surface area contributed by atoms with Crippen LogP contribution in [0.5, 0.6) is 5.75 Å². The average molecular weight is 376 g/mol. The number of nitrogens with zero attached hydrogens (tertiary/aromatic N) is 2. The van der Waals surface area contributed by atoms with Gasteiger partial charge in [-0.15, -0.1) is 0 Å². The van der Waals surface area contributed by atoms with Crippen LogP contribution in [-0.2, 0) is 10.1 Å². The number of hydrogen-bond donors (Lipinski definition) is 0. The standard InChI is InChI=1S/C21H16N2O3S/c1-15-6-12-18(13-7-15)27(24,25)26-17-10-8-16(9-11-17)21-14-22-19-4-2-3-5-20(19)23-21/h2-14H,1H3. The lowest BCUT2D eigenvalue weighted by atomic mass is 10.1. The van der Waals surface area contributed by atoms with Gasteiger partial charge in [0.25, 0.3) is 0 Å². The van der Waals surface area contributed by atoms with Gasteiger partial charge in [0.05, 0.1) is 22.9 Å². The Kier molecular flexibility index (Phi) is 4.33. The lowest BCUT2D eigenvalue weighted by Crippen LogP contribution is -2.09. The number of aromatic nitrogens is 2. The van der Waals surface area contributed by atoms with Crippen molar-refractivity contribution in [3.05, 3.63) is 84.6 Å². The van der Waals surface area contributed by atoms with Crippen LogP contribution in [0.1, 0.15) is 5.56 Å². The first kappa shape index (κ1) is 17.2. The minimum absolute atomic E-state index is 0.123. The van der Waals surface area contributed by atoms with E-state index in [1.54, 1.807) is 42.6 Å². The SMILES string of the molecule is Cc1ccc(S(=O)(=O)Oc2ccc(-c3cnc4ccccc4n3)cc2)cc1. The van der Waals surface area contributed by atoms with Gasteiger partial charge < -0.3 is 4.18 Å². The largest absolute Gasteiger partial charge is 0.379 e. The first-order valence-electron chi connectivity index (χ1n) is 8.35. The third kappa shape index (κ3) is 3.66. The van der Waals surface area contributed by atoms with E-state index in [1.807, 2.05) is 31.2 Å². The second-order valence-corrected chi connectivity index (χ2v) is 7.67. The van der Waals surface area contributed by atoms with Gasteiger partial charge >= 0.3 is 10.1 Å². The molecule has 0 aliphatic heterocycles. The summed E-state index contributed by atoms with van der Waals surface area (Å²) in [5, 5.41) is 0. The summed E-state index contributed by atoms with van der Waals surface area (Å²) < 4.78 is 30.0. The highest BCUT2D eigenvalue weighted by molar-refractivity contribution is 7.87. The quantitative estimate of drug-likeness (QED) is 0.495. The highest BCUT2D eigenvalue weighted by Gasteiger charge is 2.16. The highest BCUT2D eigenvalue weighted by Crippen LogP contribution is 2.24. The molecule has 0 aliphatic rings. The van der Waals surface area contributed by atoms with E-state index in [0.717, 1.165) is 22.2 Å². The van der Waals surface area contributed by atoms with E-state index in [2.05, 4.69) is 9.97 Å². The summed E-state index contributed by atoms with van der Waals surface area (Å²) >= 11 is 0. The molecule has 0 aliphatic carbocycles. The van der Waals surface area contributed by atoms with Gasteiger partial charge in [-0.05, 0) is 55.5 Å². The number of aryl methyl sites for hydroxylation is 1. The Morgan fingerprint density at radius 2 is 1.48 bits per heavy atom. The van der Waals surface area contributed by atoms with Gasteiger partial charge in [-0.3, -0.25) is 4.98 Å². The molecular weight excluding hydrogens is 360 g/mol. The summed E-state index contributed by atoms with van der Waals surface area (Å²) in [5.41, 5.74) is 4.15. The van der Waals surface area contributed by atoms with E-state index < -0.39 is 10.1 Å². The number of fused-ring (bicyclic) bond motifs is 1. The number of hydrogen-bond acceptors (Lipinski definition) is 5. The molecule has 0 unspecified atom stereocenters. The fourth-order valence-electron chi connectivity index (χ4n) is 2.66. The zero-order valence-electron chi connectivity index (χ0n) is 14.5. The molecule has 3 aromatic carbocycles. The Bertz CT molecular complexity index is 1200. The molecule has 0 spiro atoms. The first-order valence-corrected chi connectivity index (χ1v) is 9.75. The average Bonchev–Trinajstić information content (AvgIpc) is 2.68. The van der Waals surface area contributed by atoms with E-state index in [0.29, 0.717) is 5.69 Å². The molecule has 0 fully saturated rings. The van der Waals surface area contributed by atoms with E-state index in [9.17, 15) is 8.42 Å². The summed E-state index contributed by atoms with van der Waals surface area (Å²) in [5.74, 6) is 0.244. The highest BCUT2D eigenvalue weighted by atomic mass is 32.2. The second kappa shape index (κ2) is 6.81. The minimum Gasteiger partial charge on any atom is -0.379 e. The summed E-state index contributed by atoms with van der Waals surface area (Å²) in [6.07, 6.45) is 1.70. The van der Waals surface area contributed by atoms with Crippen molar-refractivity contribution >= 4 is 21.2 Å². The van der Waals surface area contributed by atoms with Crippen molar-refractivity contribution in [1.29, 1.82) is 0 Å². The van der Waals surface area contributed by atoms with Crippen LogP contribution in [0.15, 0.2) is 83.9 Å². The molecule has 0 saturated carbocycles. The molecule has 0 saturated heterocycles. The molecule has 0 N–H and O–H groups in total. The zero-order chi connectivity index (χ0) is 18.9. The van der Waals surface area contributed by atoms with Crippen molar-refractivity contribution in [3.63, 3.8) is 0 Å². The molecule has 4 aromatic rings. The van der Waals surface area contributed by atoms with E-state index in [4.69, 9.17) is 4.18 Å². The van der Waals surface area contributed by atoms with Crippen LogP contribution in [0.2, 0.25) is 0 Å². The van der Waals surface area contributed by atoms with Gasteiger partial charge in [0.15, 0.2) is 0 Å². The topological polar surface area (TPSA) is 69.2 Å². The molecule has 1 heterocycles. The molecule has 5 nitrogen and oxygen atoms in total. The van der Waals surface area contributed by atoms with Crippen LogP contribution in [0, 0.1) is 6.92 Å². The van der Waals surface area contributed by atoms with E-state index >= 15 is 0 Å². The normalized spacial score (nSPS) is 11.4. The fraction of sp³-hybridized carbons (Fsp3) is 0.0476. The number of rotatable bonds is 4. The Morgan fingerprint density at radius 1 is 0.815 bits per heavy atom. The minimum atomic E-state index is -3.86. The Balaban J connectivity index is 1.58. The molecule has 134 valence electrons. The van der Waals surface area contributed by atoms with Gasteiger partial charge in [0, 0.05) is 5.56 Å². The van der Waals surface area contributed by atoms with Crippen LogP contribution in [0.4, 0.5) is 0 Å². The number of para-hydroxylation sites is 2. The van der Waals surface area contributed by atoms with Crippen molar-refractivity contribution in [3.8, 4) is 17.0 Å². The maximum absolute atomic E-state index is 12.4. The fourth-order valence-corrected chi connectivity index (χ4v) is 3.59. The third-order valence-corrected chi connectivity index (χ3v) is 5.38. The van der Waals surface area contributed by atoms with E-state index in [-0.39, 0.29) is 10.6 Å². The summed E-state index contributed by atoms with van der Waals surface area (Å²) in [6.45, 7) is 1.89. The van der Waals surface area contributed by atoms with Crippen LogP contribution >= 0.6 is 0 Å². The summed E-state index contributed by atoms with van der Waals surface area (Å²) in [7, 11) is -3.86. The molecule has 0 amide bonds. The monoisotopic (exact) mass is 376 g/mol. The number of benzene rings is 3. The zero-order valence-corrected chi connectivity index (χ0v) is 15.3. The van der Waals surface area contributed by atoms with Gasteiger partial charge in [0.2, 0.25) is 0 Å². The van der Waals surface area contributed by atoms with Crippen molar-refractivity contribution in [1.82, 2.24) is 9.97 Å². The van der Waals surface area contributed by atoms with Gasteiger partial charge in [-0.2, -0.15) is 8.42 Å². The smallest absolute Gasteiger partial charge is 0.339 e. The van der Waals surface area contributed by atoms with Crippen LogP contribution < -0.4 is 4.18 Å². The molecule has 6 heteroatoms. The first-order chi connectivity index (χ1) is 13.0. The maximum Gasteiger partial charge on any atom is 0.339 e. The predicted molar refractivity (Wildman–Crippen MR) is 104 cm³/mol. The predicted octanol–water partition coefficient (Wildman–Crippen LogP) is 4.37. The van der Waals surface area contributed by atoms with E-state index in [1.165, 1.54) is 12.1 Å². The van der Waals surface area contributed by atoms with Gasteiger partial charge in [0.1, 0.15) is 10.6 Å².